The summed E-state index contributed by atoms with van der Waals surface area (Å²) in [6.45, 7) is 0.707. The number of imidazole rings is 1. The molecule has 0 radical (unpaired) electrons. The molecule has 3 amide bonds. The fraction of sp³-hybridized carbons (Fsp3) is 0.0882. The Kier molecular flexibility index (Phi) is 7.32. The molecule has 1 aliphatic heterocycles. The Labute approximate surface area is 257 Å². The van der Waals surface area contributed by atoms with Crippen molar-refractivity contribution in [3.05, 3.63) is 115 Å². The Balaban J connectivity index is 1.19. The zero-order valence-corrected chi connectivity index (χ0v) is 23.9. The van der Waals surface area contributed by atoms with Crippen LogP contribution in [0.4, 0.5) is 37.9 Å². The Morgan fingerprint density at radius 2 is 1.69 bits per heavy atom. The van der Waals surface area contributed by atoms with E-state index in [0.717, 1.165) is 29.1 Å². The van der Waals surface area contributed by atoms with Gasteiger partial charge < -0.3 is 20.9 Å². The maximum atomic E-state index is 14.0. The molecule has 0 bridgehead atoms. The van der Waals surface area contributed by atoms with Crippen LogP contribution in [0.3, 0.4) is 0 Å². The van der Waals surface area contributed by atoms with Crippen molar-refractivity contribution < 1.29 is 14.0 Å². The largest absolute Gasteiger partial charge is 0.324 e. The topological polar surface area (TPSA) is 117 Å². The van der Waals surface area contributed by atoms with Crippen LogP contribution in [0.25, 0.3) is 28.3 Å². The van der Waals surface area contributed by atoms with Crippen molar-refractivity contribution in [3.63, 3.8) is 0 Å². The fourth-order valence-corrected chi connectivity index (χ4v) is 5.39. The van der Waals surface area contributed by atoms with Crippen molar-refractivity contribution in [2.75, 3.05) is 27.4 Å². The highest BCUT2D eigenvalue weighted by Gasteiger charge is 2.22. The Morgan fingerprint density at radius 1 is 0.844 bits per heavy atom. The van der Waals surface area contributed by atoms with Crippen LogP contribution in [-0.2, 0) is 4.79 Å². The first-order chi connectivity index (χ1) is 22.0. The van der Waals surface area contributed by atoms with Crippen LogP contribution in [0.5, 0.6) is 0 Å². The number of aromatic nitrogens is 4. The summed E-state index contributed by atoms with van der Waals surface area (Å²) in [5.41, 5.74) is 5.66. The number of halogens is 1. The van der Waals surface area contributed by atoms with Crippen LogP contribution in [0.2, 0.25) is 0 Å². The number of benzene rings is 3. The number of hydrogen-bond donors (Lipinski definition) is 3. The van der Waals surface area contributed by atoms with E-state index in [2.05, 4.69) is 20.9 Å². The highest BCUT2D eigenvalue weighted by atomic mass is 19.1. The van der Waals surface area contributed by atoms with E-state index >= 15 is 0 Å². The van der Waals surface area contributed by atoms with Crippen molar-refractivity contribution in [2.45, 2.75) is 12.8 Å². The van der Waals surface area contributed by atoms with E-state index in [9.17, 15) is 14.0 Å². The summed E-state index contributed by atoms with van der Waals surface area (Å²) in [6, 6.07) is 27.8. The quantitative estimate of drug-likeness (QED) is 0.180. The molecule has 1 aliphatic rings. The monoisotopic (exact) mass is 598 g/mol. The molecule has 1 saturated heterocycles. The predicted octanol–water partition coefficient (Wildman–Crippen LogP) is 7.11. The van der Waals surface area contributed by atoms with Crippen molar-refractivity contribution >= 4 is 46.3 Å². The van der Waals surface area contributed by atoms with Crippen molar-refractivity contribution in [2.24, 2.45) is 0 Å². The molecule has 7 rings (SSSR count). The van der Waals surface area contributed by atoms with Gasteiger partial charge in [-0.15, -0.1) is 0 Å². The van der Waals surface area contributed by atoms with Crippen LogP contribution in [0.1, 0.15) is 12.8 Å². The average molecular weight is 599 g/mol. The molecule has 3 aromatic heterocycles. The third-order valence-corrected chi connectivity index (χ3v) is 7.43. The van der Waals surface area contributed by atoms with Gasteiger partial charge in [0.05, 0.1) is 22.8 Å². The molecule has 4 heterocycles. The summed E-state index contributed by atoms with van der Waals surface area (Å²) < 4.78 is 16.0. The first kappa shape index (κ1) is 27.7. The third-order valence-electron chi connectivity index (χ3n) is 7.43. The molecule has 0 unspecified atom stereocenters. The number of pyridine rings is 1. The summed E-state index contributed by atoms with van der Waals surface area (Å²) in [6.07, 6.45) is 5.00. The van der Waals surface area contributed by atoms with E-state index in [-0.39, 0.29) is 11.6 Å². The molecule has 0 atom stereocenters. The zero-order valence-electron chi connectivity index (χ0n) is 23.9. The Bertz CT molecular complexity index is 2060. The molecule has 45 heavy (non-hydrogen) atoms. The van der Waals surface area contributed by atoms with Gasteiger partial charge in [-0.05, 0) is 67.1 Å². The van der Waals surface area contributed by atoms with Gasteiger partial charge in [-0.2, -0.15) is 0 Å². The molecule has 3 aromatic carbocycles. The van der Waals surface area contributed by atoms with Crippen LogP contribution in [0, 0.1) is 5.82 Å². The first-order valence-corrected chi connectivity index (χ1v) is 14.4. The maximum absolute atomic E-state index is 14.0. The molecule has 11 heteroatoms. The van der Waals surface area contributed by atoms with Crippen LogP contribution >= 0.6 is 0 Å². The molecular weight excluding hydrogens is 571 g/mol. The minimum atomic E-state index is -0.572. The highest BCUT2D eigenvalue weighted by Crippen LogP contribution is 2.34. The standard InChI is InChI=1S/C34H27FN8O2/c35-26-12-1-2-13-27(26)40-34(45)38-23-9-5-8-22(20-23)31-32(43-18-4-3-14-29(43)41-31)28-16-17-36-33(39-28)37-24-10-6-11-25(21-24)42-19-7-15-30(42)44/h1-6,8-14,16-18,20-21H,7,15,19H2,(H,36,37,39)(H2,38,40,45). The number of carbonyl (C=O) groups is 2. The van der Waals surface area contributed by atoms with E-state index in [1.54, 1.807) is 35.4 Å². The normalized spacial score (nSPS) is 12.8. The van der Waals surface area contributed by atoms with E-state index < -0.39 is 11.8 Å². The lowest BCUT2D eigenvalue weighted by atomic mass is 10.1. The molecule has 3 N–H and O–H groups in total. The van der Waals surface area contributed by atoms with Crippen molar-refractivity contribution in [3.8, 4) is 22.6 Å². The maximum Gasteiger partial charge on any atom is 0.323 e. The number of nitrogens with zero attached hydrogens (tertiary/aromatic N) is 5. The summed E-state index contributed by atoms with van der Waals surface area (Å²) in [7, 11) is 0. The number of rotatable bonds is 7. The SMILES string of the molecule is O=C(Nc1cccc(-c2nc3ccccn3c2-c2ccnc(Nc3cccc(N4CCCC4=O)c3)n2)c1)Nc1ccccc1F. The van der Waals surface area contributed by atoms with Gasteiger partial charge >= 0.3 is 6.03 Å². The molecule has 0 saturated carbocycles. The van der Waals surface area contributed by atoms with Gasteiger partial charge in [-0.3, -0.25) is 9.20 Å². The number of amides is 3. The minimum absolute atomic E-state index is 0.0817. The van der Waals surface area contributed by atoms with E-state index in [0.29, 0.717) is 41.6 Å². The molecular formula is C34H27FN8O2. The van der Waals surface area contributed by atoms with Gasteiger partial charge in [0, 0.05) is 48.0 Å². The number of fused-ring (bicyclic) bond motifs is 1. The van der Waals surface area contributed by atoms with Crippen molar-refractivity contribution in [1.29, 1.82) is 0 Å². The van der Waals surface area contributed by atoms with Crippen molar-refractivity contribution in [1.82, 2.24) is 19.4 Å². The number of urea groups is 1. The second kappa shape index (κ2) is 11.9. The summed E-state index contributed by atoms with van der Waals surface area (Å²) in [5, 5.41) is 8.59. The number of hydrogen-bond acceptors (Lipinski definition) is 6. The van der Waals surface area contributed by atoms with Gasteiger partial charge in [-0.1, -0.05) is 36.4 Å². The van der Waals surface area contributed by atoms with E-state index in [4.69, 9.17) is 9.97 Å². The number of para-hydroxylation sites is 1. The lowest BCUT2D eigenvalue weighted by Crippen LogP contribution is -2.23. The molecule has 6 aromatic rings. The summed E-state index contributed by atoms with van der Waals surface area (Å²) >= 11 is 0. The summed E-state index contributed by atoms with van der Waals surface area (Å²) in [4.78, 5) is 40.9. The van der Waals surface area contributed by atoms with E-state index in [1.807, 2.05) is 71.3 Å². The second-order valence-corrected chi connectivity index (χ2v) is 10.5. The van der Waals surface area contributed by atoms with Gasteiger partial charge in [0.2, 0.25) is 11.9 Å². The molecule has 0 spiro atoms. The molecule has 1 fully saturated rings. The first-order valence-electron chi connectivity index (χ1n) is 14.4. The number of carbonyl (C=O) groups excluding carboxylic acids is 2. The lowest BCUT2D eigenvalue weighted by Gasteiger charge is -2.17. The lowest BCUT2D eigenvalue weighted by molar-refractivity contribution is -0.117. The highest BCUT2D eigenvalue weighted by molar-refractivity contribution is 6.00. The molecule has 222 valence electrons. The zero-order chi connectivity index (χ0) is 30.8. The van der Waals surface area contributed by atoms with Crippen LogP contribution in [0.15, 0.2) is 109 Å². The Hall–Kier alpha value is -6.10. The van der Waals surface area contributed by atoms with Crippen LogP contribution in [-0.4, -0.2) is 37.8 Å². The van der Waals surface area contributed by atoms with Crippen LogP contribution < -0.4 is 20.9 Å². The molecule has 10 nitrogen and oxygen atoms in total. The Morgan fingerprint density at radius 3 is 2.56 bits per heavy atom. The van der Waals surface area contributed by atoms with Gasteiger partial charge in [0.1, 0.15) is 11.5 Å². The smallest absolute Gasteiger partial charge is 0.323 e. The molecule has 0 aliphatic carbocycles. The average Bonchev–Trinajstić information content (AvgIpc) is 3.66. The fourth-order valence-electron chi connectivity index (χ4n) is 5.39. The summed E-state index contributed by atoms with van der Waals surface area (Å²) in [5.74, 6) is -0.0196. The number of anilines is 5. The second-order valence-electron chi connectivity index (χ2n) is 10.5. The number of nitrogens with one attached hydrogen (secondary N) is 3. The van der Waals surface area contributed by atoms with Gasteiger partial charge in [-0.25, -0.2) is 24.1 Å². The minimum Gasteiger partial charge on any atom is -0.324 e. The third kappa shape index (κ3) is 5.78. The van der Waals surface area contributed by atoms with Gasteiger partial charge in [0.15, 0.2) is 0 Å². The van der Waals surface area contributed by atoms with Gasteiger partial charge in [0.25, 0.3) is 0 Å². The predicted molar refractivity (Wildman–Crippen MR) is 172 cm³/mol. The van der Waals surface area contributed by atoms with E-state index in [1.165, 1.54) is 12.1 Å².